The second-order valence-electron chi connectivity index (χ2n) is 5.04. The van der Waals surface area contributed by atoms with Crippen LogP contribution in [-0.4, -0.2) is 31.7 Å². The van der Waals surface area contributed by atoms with Gasteiger partial charge in [-0.3, -0.25) is 5.10 Å². The Balaban J connectivity index is 2.22. The largest absolute Gasteiger partial charge is 0.306 e. The molecule has 0 bridgehead atoms. The smallest absolute Gasteiger partial charge is 0.164 e. The Labute approximate surface area is 102 Å². The molecule has 0 radical (unpaired) electrons. The number of aryl methyl sites for hydroxylation is 1. The maximum absolute atomic E-state index is 4.26. The van der Waals surface area contributed by atoms with Gasteiger partial charge in [-0.15, -0.1) is 0 Å². The summed E-state index contributed by atoms with van der Waals surface area (Å²) in [5.74, 6) is 2.81. The van der Waals surface area contributed by atoms with Gasteiger partial charge in [-0.2, -0.15) is 16.9 Å². The van der Waals surface area contributed by atoms with Crippen LogP contribution in [0.25, 0.3) is 0 Å². The zero-order valence-corrected chi connectivity index (χ0v) is 11.6. The number of hydrogen-bond acceptors (Lipinski definition) is 4. The number of thioether (sulfide) groups is 1. The van der Waals surface area contributed by atoms with Crippen LogP contribution in [0.15, 0.2) is 0 Å². The first kappa shape index (κ1) is 13.5. The van der Waals surface area contributed by atoms with E-state index in [1.807, 2.05) is 18.7 Å². The van der Waals surface area contributed by atoms with Crippen LogP contribution in [0.3, 0.4) is 0 Å². The number of nitrogens with zero attached hydrogens (tertiary/aromatic N) is 2. The first-order valence-electron chi connectivity index (χ1n) is 5.62. The monoisotopic (exact) mass is 242 g/mol. The van der Waals surface area contributed by atoms with Crippen molar-refractivity contribution in [3.05, 3.63) is 11.6 Å². The Morgan fingerprint density at radius 2 is 2.12 bits per heavy atom. The van der Waals surface area contributed by atoms with Crippen molar-refractivity contribution in [1.29, 1.82) is 0 Å². The standard InChI is InChI=1S/C11H22N4S/c1-8(7-16-11(3,4)5)12-6-10-13-9(2)14-15-10/h8,12H,6-7H2,1-5H3,(H,13,14,15). The number of aromatic nitrogens is 3. The van der Waals surface area contributed by atoms with Crippen molar-refractivity contribution >= 4 is 11.8 Å². The Bertz CT molecular complexity index is 316. The molecule has 1 aromatic heterocycles. The molecule has 2 N–H and O–H groups in total. The molecule has 0 aliphatic carbocycles. The summed E-state index contributed by atoms with van der Waals surface area (Å²) in [5, 5.41) is 10.4. The molecule has 0 saturated heterocycles. The van der Waals surface area contributed by atoms with Crippen molar-refractivity contribution in [2.75, 3.05) is 5.75 Å². The lowest BCUT2D eigenvalue weighted by Crippen LogP contribution is -2.29. The quantitative estimate of drug-likeness (QED) is 0.830. The van der Waals surface area contributed by atoms with Crippen LogP contribution in [0.4, 0.5) is 0 Å². The SMILES string of the molecule is Cc1nc(CNC(C)CSC(C)(C)C)n[nH]1. The molecule has 92 valence electrons. The lowest BCUT2D eigenvalue weighted by molar-refractivity contribution is 0.578. The molecule has 0 aliphatic heterocycles. The lowest BCUT2D eigenvalue weighted by atomic mass is 10.3. The Kier molecular flexibility index (Phi) is 4.80. The maximum atomic E-state index is 4.26. The van der Waals surface area contributed by atoms with Gasteiger partial charge in [0.15, 0.2) is 5.82 Å². The molecule has 16 heavy (non-hydrogen) atoms. The Hall–Kier alpha value is -0.550. The van der Waals surface area contributed by atoms with Crippen molar-refractivity contribution in [3.8, 4) is 0 Å². The summed E-state index contributed by atoms with van der Waals surface area (Å²) in [7, 11) is 0. The van der Waals surface area contributed by atoms with Crippen LogP contribution in [0, 0.1) is 6.92 Å². The highest BCUT2D eigenvalue weighted by Gasteiger charge is 2.13. The van der Waals surface area contributed by atoms with Crippen LogP contribution in [0.1, 0.15) is 39.3 Å². The summed E-state index contributed by atoms with van der Waals surface area (Å²) in [6, 6.07) is 0.475. The van der Waals surface area contributed by atoms with E-state index in [0.29, 0.717) is 10.8 Å². The molecule has 0 spiro atoms. The molecular formula is C11H22N4S. The van der Waals surface area contributed by atoms with E-state index in [-0.39, 0.29) is 0 Å². The van der Waals surface area contributed by atoms with Gasteiger partial charge in [0, 0.05) is 16.5 Å². The highest BCUT2D eigenvalue weighted by Crippen LogP contribution is 2.23. The number of rotatable bonds is 5. The molecule has 4 nitrogen and oxygen atoms in total. The van der Waals surface area contributed by atoms with Crippen molar-refractivity contribution in [2.45, 2.75) is 52.0 Å². The van der Waals surface area contributed by atoms with Gasteiger partial charge in [-0.25, -0.2) is 4.98 Å². The highest BCUT2D eigenvalue weighted by atomic mass is 32.2. The molecule has 0 aromatic carbocycles. The highest BCUT2D eigenvalue weighted by molar-refractivity contribution is 8.00. The molecule has 0 aliphatic rings. The number of aromatic amines is 1. The molecule has 0 amide bonds. The normalized spacial score (nSPS) is 14.1. The number of hydrogen-bond donors (Lipinski definition) is 2. The summed E-state index contributed by atoms with van der Waals surface area (Å²) >= 11 is 1.97. The average Bonchev–Trinajstić information content (AvgIpc) is 2.57. The van der Waals surface area contributed by atoms with Crippen molar-refractivity contribution < 1.29 is 0 Å². The van der Waals surface area contributed by atoms with Gasteiger partial charge in [-0.05, 0) is 13.8 Å². The molecule has 1 atom stereocenters. The predicted octanol–water partition coefficient (Wildman–Crippen LogP) is 2.12. The van der Waals surface area contributed by atoms with Gasteiger partial charge in [0.2, 0.25) is 0 Å². The molecule has 5 heteroatoms. The van der Waals surface area contributed by atoms with Crippen LogP contribution in [0.5, 0.6) is 0 Å². The van der Waals surface area contributed by atoms with E-state index < -0.39 is 0 Å². The molecule has 0 fully saturated rings. The van der Waals surface area contributed by atoms with Crippen LogP contribution in [0.2, 0.25) is 0 Å². The minimum Gasteiger partial charge on any atom is -0.306 e. The van der Waals surface area contributed by atoms with Crippen LogP contribution < -0.4 is 5.32 Å². The van der Waals surface area contributed by atoms with Crippen molar-refractivity contribution in [2.24, 2.45) is 0 Å². The van der Waals surface area contributed by atoms with E-state index in [0.717, 1.165) is 23.9 Å². The second-order valence-corrected chi connectivity index (χ2v) is 6.89. The third kappa shape index (κ3) is 5.51. The summed E-state index contributed by atoms with van der Waals surface area (Å²) < 4.78 is 0.330. The summed E-state index contributed by atoms with van der Waals surface area (Å²) in [4.78, 5) is 4.26. The predicted molar refractivity (Wildman–Crippen MR) is 69.6 cm³/mol. The molecule has 1 rings (SSSR count). The van der Waals surface area contributed by atoms with E-state index in [1.54, 1.807) is 0 Å². The average molecular weight is 242 g/mol. The van der Waals surface area contributed by atoms with Crippen molar-refractivity contribution in [3.63, 3.8) is 0 Å². The fraction of sp³-hybridized carbons (Fsp3) is 0.818. The summed E-state index contributed by atoms with van der Waals surface area (Å²) in [5.41, 5.74) is 0. The fourth-order valence-electron chi connectivity index (χ4n) is 1.17. The van der Waals surface area contributed by atoms with Gasteiger partial charge in [0.25, 0.3) is 0 Å². The first-order chi connectivity index (χ1) is 7.37. The number of nitrogens with one attached hydrogen (secondary N) is 2. The first-order valence-corrected chi connectivity index (χ1v) is 6.60. The molecule has 0 saturated carbocycles. The van der Waals surface area contributed by atoms with Gasteiger partial charge in [0.05, 0.1) is 6.54 Å². The number of H-pyrrole nitrogens is 1. The van der Waals surface area contributed by atoms with Crippen LogP contribution in [-0.2, 0) is 6.54 Å². The van der Waals surface area contributed by atoms with E-state index in [9.17, 15) is 0 Å². The van der Waals surface area contributed by atoms with Crippen LogP contribution >= 0.6 is 11.8 Å². The lowest BCUT2D eigenvalue weighted by Gasteiger charge is -2.21. The second kappa shape index (κ2) is 5.68. The van der Waals surface area contributed by atoms with E-state index >= 15 is 0 Å². The van der Waals surface area contributed by atoms with E-state index in [4.69, 9.17) is 0 Å². The van der Waals surface area contributed by atoms with Crippen molar-refractivity contribution in [1.82, 2.24) is 20.5 Å². The minimum atomic E-state index is 0.330. The Morgan fingerprint density at radius 3 is 2.62 bits per heavy atom. The molecule has 1 heterocycles. The zero-order valence-electron chi connectivity index (χ0n) is 10.8. The Morgan fingerprint density at radius 1 is 1.44 bits per heavy atom. The van der Waals surface area contributed by atoms with Gasteiger partial charge in [0.1, 0.15) is 5.82 Å². The summed E-state index contributed by atoms with van der Waals surface area (Å²) in [6.07, 6.45) is 0. The molecule has 1 unspecified atom stereocenters. The topological polar surface area (TPSA) is 53.6 Å². The van der Waals surface area contributed by atoms with Gasteiger partial charge < -0.3 is 5.32 Å². The van der Waals surface area contributed by atoms with Gasteiger partial charge in [-0.1, -0.05) is 20.8 Å². The van der Waals surface area contributed by atoms with Gasteiger partial charge >= 0.3 is 0 Å². The fourth-order valence-corrected chi connectivity index (χ4v) is 2.04. The molecule has 1 aromatic rings. The van der Waals surface area contributed by atoms with E-state index in [1.165, 1.54) is 0 Å². The third-order valence-electron chi connectivity index (χ3n) is 2.02. The van der Waals surface area contributed by atoms with E-state index in [2.05, 4.69) is 48.2 Å². The molecular weight excluding hydrogens is 220 g/mol. The summed E-state index contributed by atoms with van der Waals surface area (Å²) in [6.45, 7) is 11.6. The minimum absolute atomic E-state index is 0.330. The zero-order chi connectivity index (χ0) is 12.2. The maximum Gasteiger partial charge on any atom is 0.164 e. The third-order valence-corrected chi connectivity index (χ3v) is 3.55.